The number of anilines is 1. The number of nitrogens with zero attached hydrogens (tertiary/aromatic N) is 2. The summed E-state index contributed by atoms with van der Waals surface area (Å²) in [6.45, 7) is 6.32. The van der Waals surface area contributed by atoms with E-state index in [0.29, 0.717) is 31.9 Å². The minimum atomic E-state index is -3.56. The highest BCUT2D eigenvalue weighted by molar-refractivity contribution is 7.89. The van der Waals surface area contributed by atoms with Crippen LogP contribution in [-0.2, 0) is 16.4 Å². The maximum Gasteiger partial charge on any atom is 0.246 e. The van der Waals surface area contributed by atoms with Crippen LogP contribution < -0.4 is 9.64 Å². The molecular formula is C20H26N2O3S. The van der Waals surface area contributed by atoms with Crippen molar-refractivity contribution >= 4 is 15.7 Å². The molecule has 0 aromatic heterocycles. The van der Waals surface area contributed by atoms with E-state index in [1.165, 1.54) is 12.7 Å². The minimum Gasteiger partial charge on any atom is -0.495 e. The highest BCUT2D eigenvalue weighted by atomic mass is 32.2. The Morgan fingerprint density at radius 2 is 1.65 bits per heavy atom. The van der Waals surface area contributed by atoms with Crippen molar-refractivity contribution in [2.45, 2.75) is 25.2 Å². The summed E-state index contributed by atoms with van der Waals surface area (Å²) in [5, 5.41) is 0. The Labute approximate surface area is 156 Å². The number of hydrogen-bond donors (Lipinski definition) is 0. The van der Waals surface area contributed by atoms with Crippen LogP contribution >= 0.6 is 0 Å². The minimum absolute atomic E-state index is 0.251. The van der Waals surface area contributed by atoms with Gasteiger partial charge in [-0.3, -0.25) is 0 Å². The van der Waals surface area contributed by atoms with Crippen molar-refractivity contribution in [2.24, 2.45) is 0 Å². The third kappa shape index (κ3) is 3.71. The van der Waals surface area contributed by atoms with Crippen LogP contribution in [0.4, 0.5) is 5.69 Å². The number of ether oxygens (including phenoxy) is 1. The lowest BCUT2D eigenvalue weighted by Crippen LogP contribution is -2.48. The number of sulfonamides is 1. The lowest BCUT2D eigenvalue weighted by atomic mass is 10.1. The van der Waals surface area contributed by atoms with Gasteiger partial charge in [-0.05, 0) is 48.7 Å². The number of piperazine rings is 1. The molecule has 6 heteroatoms. The molecule has 1 saturated heterocycles. The van der Waals surface area contributed by atoms with Crippen molar-refractivity contribution in [2.75, 3.05) is 38.2 Å². The van der Waals surface area contributed by atoms with Gasteiger partial charge in [0, 0.05) is 31.9 Å². The van der Waals surface area contributed by atoms with Crippen LogP contribution in [0.1, 0.15) is 18.1 Å². The molecule has 1 heterocycles. The monoisotopic (exact) mass is 374 g/mol. The summed E-state index contributed by atoms with van der Waals surface area (Å²) in [6, 6.07) is 13.8. The van der Waals surface area contributed by atoms with Gasteiger partial charge in [-0.2, -0.15) is 4.31 Å². The molecule has 0 N–H and O–H groups in total. The molecule has 0 saturated carbocycles. The number of methoxy groups -OCH3 is 1. The van der Waals surface area contributed by atoms with Gasteiger partial charge >= 0.3 is 0 Å². The van der Waals surface area contributed by atoms with Gasteiger partial charge in [0.05, 0.1) is 7.11 Å². The standard InChI is InChI=1S/C20H26N2O3S/c1-4-17-6-8-18(9-7-17)21-11-13-22(14-12-21)26(23,24)20-15-16(2)5-10-19(20)25-3/h5-10,15H,4,11-14H2,1-3H3. The Hall–Kier alpha value is -2.05. The molecule has 1 aliphatic heterocycles. The predicted octanol–water partition coefficient (Wildman–Crippen LogP) is 3.08. The van der Waals surface area contributed by atoms with Crippen LogP contribution in [0.5, 0.6) is 5.75 Å². The van der Waals surface area contributed by atoms with Crippen molar-refractivity contribution in [3.63, 3.8) is 0 Å². The van der Waals surface area contributed by atoms with E-state index in [9.17, 15) is 8.42 Å². The molecule has 1 aliphatic rings. The van der Waals surface area contributed by atoms with Crippen molar-refractivity contribution in [3.05, 3.63) is 53.6 Å². The first-order valence-electron chi connectivity index (χ1n) is 8.94. The molecule has 0 atom stereocenters. The van der Waals surface area contributed by atoms with Crippen molar-refractivity contribution in [1.82, 2.24) is 4.31 Å². The normalized spacial score (nSPS) is 15.9. The molecule has 0 amide bonds. The first kappa shape index (κ1) is 18.7. The third-order valence-corrected chi connectivity index (χ3v) is 6.81. The molecule has 0 aliphatic carbocycles. The molecule has 0 unspecified atom stereocenters. The average molecular weight is 375 g/mol. The lowest BCUT2D eigenvalue weighted by Gasteiger charge is -2.35. The van der Waals surface area contributed by atoms with Gasteiger partial charge in [0.1, 0.15) is 10.6 Å². The summed E-state index contributed by atoms with van der Waals surface area (Å²) in [6.07, 6.45) is 1.02. The Bertz CT molecular complexity index is 855. The van der Waals surface area contributed by atoms with Gasteiger partial charge in [0.15, 0.2) is 0 Å². The summed E-state index contributed by atoms with van der Waals surface area (Å²) in [5.74, 6) is 0.396. The Morgan fingerprint density at radius 3 is 2.23 bits per heavy atom. The zero-order valence-electron chi connectivity index (χ0n) is 15.6. The van der Waals surface area contributed by atoms with E-state index in [0.717, 1.165) is 17.7 Å². The number of hydrogen-bond acceptors (Lipinski definition) is 4. The van der Waals surface area contributed by atoms with Gasteiger partial charge in [-0.15, -0.1) is 0 Å². The van der Waals surface area contributed by atoms with E-state index < -0.39 is 10.0 Å². The fraction of sp³-hybridized carbons (Fsp3) is 0.400. The second-order valence-corrected chi connectivity index (χ2v) is 8.47. The van der Waals surface area contributed by atoms with Crippen molar-refractivity contribution in [3.8, 4) is 5.75 Å². The highest BCUT2D eigenvalue weighted by Gasteiger charge is 2.31. The summed E-state index contributed by atoms with van der Waals surface area (Å²) >= 11 is 0. The van der Waals surface area contributed by atoms with Gasteiger partial charge in [-0.25, -0.2) is 8.42 Å². The molecule has 140 valence electrons. The van der Waals surface area contributed by atoms with Crippen LogP contribution in [0.3, 0.4) is 0 Å². The van der Waals surface area contributed by atoms with Crippen LogP contribution in [-0.4, -0.2) is 46.0 Å². The molecular weight excluding hydrogens is 348 g/mol. The zero-order valence-corrected chi connectivity index (χ0v) is 16.4. The van der Waals surface area contributed by atoms with Crippen LogP contribution in [0, 0.1) is 6.92 Å². The Morgan fingerprint density at radius 1 is 1.00 bits per heavy atom. The van der Waals surface area contributed by atoms with E-state index in [1.807, 2.05) is 13.0 Å². The van der Waals surface area contributed by atoms with E-state index in [4.69, 9.17) is 4.74 Å². The summed E-state index contributed by atoms with van der Waals surface area (Å²) in [7, 11) is -2.06. The smallest absolute Gasteiger partial charge is 0.246 e. The molecule has 5 nitrogen and oxygen atoms in total. The SMILES string of the molecule is CCc1ccc(N2CCN(S(=O)(=O)c3cc(C)ccc3OC)CC2)cc1. The summed E-state index contributed by atoms with van der Waals surface area (Å²) in [5.41, 5.74) is 3.35. The van der Waals surface area contributed by atoms with Gasteiger partial charge in [0.25, 0.3) is 0 Å². The lowest BCUT2D eigenvalue weighted by molar-refractivity contribution is 0.374. The van der Waals surface area contributed by atoms with Gasteiger partial charge in [0.2, 0.25) is 10.0 Å². The maximum absolute atomic E-state index is 13.1. The molecule has 0 radical (unpaired) electrons. The first-order chi connectivity index (χ1) is 12.5. The van der Waals surface area contributed by atoms with Gasteiger partial charge in [-0.1, -0.05) is 25.1 Å². The number of benzene rings is 2. The Balaban J connectivity index is 1.75. The van der Waals surface area contributed by atoms with E-state index in [1.54, 1.807) is 16.4 Å². The number of rotatable bonds is 5. The topological polar surface area (TPSA) is 49.9 Å². The maximum atomic E-state index is 13.1. The zero-order chi connectivity index (χ0) is 18.7. The van der Waals surface area contributed by atoms with E-state index in [2.05, 4.69) is 36.1 Å². The highest BCUT2D eigenvalue weighted by Crippen LogP contribution is 2.29. The molecule has 26 heavy (non-hydrogen) atoms. The summed E-state index contributed by atoms with van der Waals surface area (Å²) < 4.78 is 33.0. The molecule has 1 fully saturated rings. The molecule has 0 bridgehead atoms. The predicted molar refractivity (Wildman–Crippen MR) is 105 cm³/mol. The first-order valence-corrected chi connectivity index (χ1v) is 10.4. The second-order valence-electron chi connectivity index (χ2n) is 6.57. The summed E-state index contributed by atoms with van der Waals surface area (Å²) in [4.78, 5) is 2.49. The fourth-order valence-corrected chi connectivity index (χ4v) is 4.92. The van der Waals surface area contributed by atoms with Gasteiger partial charge < -0.3 is 9.64 Å². The van der Waals surface area contributed by atoms with Crippen LogP contribution in [0.2, 0.25) is 0 Å². The molecule has 3 rings (SSSR count). The Kier molecular flexibility index (Phi) is 5.53. The molecule has 2 aromatic rings. The molecule has 2 aromatic carbocycles. The number of aryl methyl sites for hydroxylation is 2. The molecule has 0 spiro atoms. The van der Waals surface area contributed by atoms with Crippen molar-refractivity contribution < 1.29 is 13.2 Å². The van der Waals surface area contributed by atoms with Crippen LogP contribution in [0.15, 0.2) is 47.4 Å². The largest absolute Gasteiger partial charge is 0.495 e. The fourth-order valence-electron chi connectivity index (χ4n) is 3.25. The second kappa shape index (κ2) is 7.68. The average Bonchev–Trinajstić information content (AvgIpc) is 2.68. The van der Waals surface area contributed by atoms with Crippen molar-refractivity contribution in [1.29, 1.82) is 0 Å². The quantitative estimate of drug-likeness (QED) is 0.807. The van der Waals surface area contributed by atoms with E-state index >= 15 is 0 Å². The van der Waals surface area contributed by atoms with Crippen LogP contribution in [0.25, 0.3) is 0 Å². The third-order valence-electron chi connectivity index (χ3n) is 4.89. The van der Waals surface area contributed by atoms with E-state index in [-0.39, 0.29) is 4.90 Å².